The Labute approximate surface area is 151 Å². The Kier molecular flexibility index (Phi) is 5.83. The number of nitrogens with one attached hydrogen (secondary N) is 1. The molecule has 1 amide bonds. The van der Waals surface area contributed by atoms with Crippen molar-refractivity contribution in [2.75, 3.05) is 26.7 Å². The molecule has 6 heteroatoms. The summed E-state index contributed by atoms with van der Waals surface area (Å²) in [4.78, 5) is 14.6. The highest BCUT2D eigenvalue weighted by molar-refractivity contribution is 5.77. The van der Waals surface area contributed by atoms with E-state index in [9.17, 15) is 13.6 Å². The van der Waals surface area contributed by atoms with Gasteiger partial charge < -0.3 is 15.0 Å². The number of para-hydroxylation sites is 1. The van der Waals surface area contributed by atoms with E-state index in [1.165, 1.54) is 12.1 Å². The van der Waals surface area contributed by atoms with Crippen molar-refractivity contribution in [3.8, 4) is 5.75 Å². The van der Waals surface area contributed by atoms with Crippen molar-refractivity contribution in [2.45, 2.75) is 18.9 Å². The number of piperazine rings is 1. The van der Waals surface area contributed by atoms with E-state index in [-0.39, 0.29) is 30.4 Å². The quantitative estimate of drug-likeness (QED) is 0.891. The molecule has 2 aromatic rings. The first-order chi connectivity index (χ1) is 12.6. The minimum atomic E-state index is -0.885. The first kappa shape index (κ1) is 18.3. The average molecular weight is 360 g/mol. The summed E-state index contributed by atoms with van der Waals surface area (Å²) in [7, 11) is 1.61. The van der Waals surface area contributed by atoms with E-state index >= 15 is 0 Å². The van der Waals surface area contributed by atoms with Gasteiger partial charge >= 0.3 is 0 Å². The van der Waals surface area contributed by atoms with Crippen LogP contribution < -0.4 is 10.1 Å². The number of hydrogen-bond acceptors (Lipinski definition) is 3. The van der Waals surface area contributed by atoms with E-state index in [2.05, 4.69) is 5.32 Å². The van der Waals surface area contributed by atoms with Crippen LogP contribution >= 0.6 is 0 Å². The standard InChI is InChI=1S/C20H22F2N2O2/c1-26-18-8-3-2-6-15(18)17-13-23-11-12-24(17)19(25)10-9-14-5-4-7-16(21)20(14)22/h2-8,17,23H,9-13H2,1H3. The molecule has 0 spiro atoms. The highest BCUT2D eigenvalue weighted by atomic mass is 19.2. The van der Waals surface area contributed by atoms with Crippen LogP contribution in [0.25, 0.3) is 0 Å². The second-order valence-electron chi connectivity index (χ2n) is 6.26. The predicted octanol–water partition coefficient (Wildman–Crippen LogP) is 3.08. The van der Waals surface area contributed by atoms with Crippen molar-refractivity contribution in [2.24, 2.45) is 0 Å². The van der Waals surface area contributed by atoms with Crippen LogP contribution in [-0.4, -0.2) is 37.6 Å². The SMILES string of the molecule is COc1ccccc1C1CNCCN1C(=O)CCc1cccc(F)c1F. The first-order valence-corrected chi connectivity index (χ1v) is 8.67. The van der Waals surface area contributed by atoms with Crippen molar-refractivity contribution in [3.63, 3.8) is 0 Å². The smallest absolute Gasteiger partial charge is 0.223 e. The molecule has 1 aliphatic rings. The van der Waals surface area contributed by atoms with Crippen LogP contribution in [0, 0.1) is 11.6 Å². The van der Waals surface area contributed by atoms with Crippen molar-refractivity contribution < 1.29 is 18.3 Å². The van der Waals surface area contributed by atoms with E-state index in [1.807, 2.05) is 24.3 Å². The van der Waals surface area contributed by atoms with E-state index in [1.54, 1.807) is 12.0 Å². The van der Waals surface area contributed by atoms with E-state index < -0.39 is 11.6 Å². The lowest BCUT2D eigenvalue weighted by molar-refractivity contribution is -0.134. The van der Waals surface area contributed by atoms with E-state index in [0.29, 0.717) is 19.6 Å². The number of benzene rings is 2. The summed E-state index contributed by atoms with van der Waals surface area (Å²) in [5.41, 5.74) is 1.16. The molecule has 0 aromatic heterocycles. The van der Waals surface area contributed by atoms with Gasteiger partial charge in [-0.15, -0.1) is 0 Å². The van der Waals surface area contributed by atoms with Crippen molar-refractivity contribution in [1.82, 2.24) is 10.2 Å². The molecule has 1 heterocycles. The van der Waals surface area contributed by atoms with Gasteiger partial charge in [0.25, 0.3) is 0 Å². The maximum atomic E-state index is 13.8. The van der Waals surface area contributed by atoms with Gasteiger partial charge in [0.05, 0.1) is 13.2 Å². The van der Waals surface area contributed by atoms with Crippen LogP contribution in [0.4, 0.5) is 8.78 Å². The van der Waals surface area contributed by atoms with Gasteiger partial charge in [-0.25, -0.2) is 8.78 Å². The third kappa shape index (κ3) is 3.85. The summed E-state index contributed by atoms with van der Waals surface area (Å²) in [6.45, 7) is 1.89. The zero-order chi connectivity index (χ0) is 18.5. The molecular weight excluding hydrogens is 338 g/mol. The fourth-order valence-corrected chi connectivity index (χ4v) is 3.35. The fraction of sp³-hybridized carbons (Fsp3) is 0.350. The molecule has 138 valence electrons. The minimum absolute atomic E-state index is 0.0777. The maximum absolute atomic E-state index is 13.8. The lowest BCUT2D eigenvalue weighted by Crippen LogP contribution is -2.48. The molecule has 0 bridgehead atoms. The van der Waals surface area contributed by atoms with Crippen LogP contribution in [0.15, 0.2) is 42.5 Å². The summed E-state index contributed by atoms with van der Waals surface area (Å²) < 4.78 is 32.6. The number of aryl methyl sites for hydroxylation is 1. The number of methoxy groups -OCH3 is 1. The van der Waals surface area contributed by atoms with Crippen LogP contribution in [0.2, 0.25) is 0 Å². The molecule has 1 N–H and O–H groups in total. The third-order valence-corrected chi connectivity index (χ3v) is 4.70. The molecule has 1 saturated heterocycles. The Bertz CT molecular complexity index is 782. The van der Waals surface area contributed by atoms with Gasteiger partial charge in [-0.1, -0.05) is 30.3 Å². The molecule has 3 rings (SSSR count). The van der Waals surface area contributed by atoms with Gasteiger partial charge in [-0.2, -0.15) is 0 Å². The molecule has 0 radical (unpaired) electrons. The predicted molar refractivity (Wildman–Crippen MR) is 95.0 cm³/mol. The van der Waals surface area contributed by atoms with Crippen LogP contribution in [0.5, 0.6) is 5.75 Å². The van der Waals surface area contributed by atoms with E-state index in [4.69, 9.17) is 4.74 Å². The molecule has 26 heavy (non-hydrogen) atoms. The fourth-order valence-electron chi connectivity index (χ4n) is 3.35. The van der Waals surface area contributed by atoms with Crippen LogP contribution in [0.3, 0.4) is 0 Å². The normalized spacial score (nSPS) is 17.2. The van der Waals surface area contributed by atoms with Crippen molar-refractivity contribution in [1.29, 1.82) is 0 Å². The van der Waals surface area contributed by atoms with Gasteiger partial charge in [-0.05, 0) is 24.1 Å². The van der Waals surface area contributed by atoms with Crippen molar-refractivity contribution in [3.05, 3.63) is 65.2 Å². The van der Waals surface area contributed by atoms with Gasteiger partial charge in [0.2, 0.25) is 5.91 Å². The maximum Gasteiger partial charge on any atom is 0.223 e. The Morgan fingerprint density at radius 2 is 2.04 bits per heavy atom. The zero-order valence-electron chi connectivity index (χ0n) is 14.7. The Balaban J connectivity index is 1.75. The Morgan fingerprint density at radius 1 is 1.23 bits per heavy atom. The topological polar surface area (TPSA) is 41.6 Å². The summed E-state index contributed by atoms with van der Waals surface area (Å²) in [6, 6.07) is 11.5. The number of amides is 1. The molecule has 4 nitrogen and oxygen atoms in total. The summed E-state index contributed by atoms with van der Waals surface area (Å²) in [5.74, 6) is -1.10. The number of carbonyl (C=O) groups excluding carboxylic acids is 1. The third-order valence-electron chi connectivity index (χ3n) is 4.70. The monoisotopic (exact) mass is 360 g/mol. The second kappa shape index (κ2) is 8.27. The molecule has 0 saturated carbocycles. The highest BCUT2D eigenvalue weighted by Crippen LogP contribution is 2.30. The lowest BCUT2D eigenvalue weighted by atomic mass is 10.0. The molecule has 1 atom stereocenters. The number of rotatable bonds is 5. The first-order valence-electron chi connectivity index (χ1n) is 8.67. The highest BCUT2D eigenvalue weighted by Gasteiger charge is 2.29. The molecule has 1 fully saturated rings. The Hall–Kier alpha value is -2.47. The number of ether oxygens (including phenoxy) is 1. The van der Waals surface area contributed by atoms with E-state index in [0.717, 1.165) is 17.4 Å². The molecule has 1 aliphatic heterocycles. The zero-order valence-corrected chi connectivity index (χ0v) is 14.7. The largest absolute Gasteiger partial charge is 0.496 e. The summed E-state index contributed by atoms with van der Waals surface area (Å²) >= 11 is 0. The van der Waals surface area contributed by atoms with Gasteiger partial charge in [0.15, 0.2) is 11.6 Å². The molecule has 1 unspecified atom stereocenters. The van der Waals surface area contributed by atoms with Gasteiger partial charge in [0, 0.05) is 31.6 Å². The molecule has 2 aromatic carbocycles. The molecule has 0 aliphatic carbocycles. The van der Waals surface area contributed by atoms with Crippen LogP contribution in [0.1, 0.15) is 23.6 Å². The summed E-state index contributed by atoms with van der Waals surface area (Å²) in [6.07, 6.45) is 0.303. The van der Waals surface area contributed by atoms with Crippen molar-refractivity contribution >= 4 is 5.91 Å². The number of hydrogen-bond donors (Lipinski definition) is 1. The molecular formula is C20H22F2N2O2. The lowest BCUT2D eigenvalue weighted by Gasteiger charge is -2.37. The van der Waals surface area contributed by atoms with Gasteiger partial charge in [-0.3, -0.25) is 4.79 Å². The Morgan fingerprint density at radius 3 is 2.85 bits per heavy atom. The number of carbonyl (C=O) groups is 1. The number of halogens is 2. The van der Waals surface area contributed by atoms with Crippen LogP contribution in [-0.2, 0) is 11.2 Å². The second-order valence-corrected chi connectivity index (χ2v) is 6.26. The van der Waals surface area contributed by atoms with Gasteiger partial charge in [0.1, 0.15) is 5.75 Å². The minimum Gasteiger partial charge on any atom is -0.496 e. The number of nitrogens with zero attached hydrogens (tertiary/aromatic N) is 1. The summed E-state index contributed by atoms with van der Waals surface area (Å²) in [5, 5.41) is 3.30. The average Bonchev–Trinajstić information content (AvgIpc) is 2.69.